The number of hydrogen-bond acceptors (Lipinski definition) is 5. The third-order valence-corrected chi connectivity index (χ3v) is 4.05. The van der Waals surface area contributed by atoms with Gasteiger partial charge in [0.1, 0.15) is 5.76 Å². The normalized spacial score (nSPS) is 18.4. The molecule has 1 aliphatic heterocycles. The Morgan fingerprint density at radius 3 is 2.81 bits per heavy atom. The molecule has 0 spiro atoms. The van der Waals surface area contributed by atoms with E-state index in [2.05, 4.69) is 15.4 Å². The van der Waals surface area contributed by atoms with E-state index in [9.17, 15) is 4.79 Å². The molecule has 21 heavy (non-hydrogen) atoms. The molecule has 7 heteroatoms. The highest BCUT2D eigenvalue weighted by Gasteiger charge is 2.28. The van der Waals surface area contributed by atoms with Crippen molar-refractivity contribution in [2.75, 3.05) is 13.1 Å². The second-order valence-corrected chi connectivity index (χ2v) is 5.43. The van der Waals surface area contributed by atoms with Crippen LogP contribution in [-0.2, 0) is 11.2 Å². The number of aryl methyl sites for hydroxylation is 2. The Balaban J connectivity index is 1.55. The predicted octanol–water partition coefficient (Wildman–Crippen LogP) is 1.29. The van der Waals surface area contributed by atoms with Gasteiger partial charge in [0.25, 0.3) is 0 Å². The average Bonchev–Trinajstić information content (AvgIpc) is 3.18. The number of likely N-dealkylation sites (tertiary alicyclic amines) is 1. The summed E-state index contributed by atoms with van der Waals surface area (Å²) in [5, 5.41) is 12.2. The Kier molecular flexibility index (Phi) is 3.72. The molecule has 2 aromatic heterocycles. The van der Waals surface area contributed by atoms with E-state index in [4.69, 9.17) is 4.52 Å². The Labute approximate surface area is 122 Å². The van der Waals surface area contributed by atoms with Crippen LogP contribution in [0.3, 0.4) is 0 Å². The Morgan fingerprint density at radius 2 is 2.14 bits per heavy atom. The number of aromatic nitrogens is 4. The lowest BCUT2D eigenvalue weighted by Gasteiger charge is -2.16. The van der Waals surface area contributed by atoms with Crippen molar-refractivity contribution >= 4 is 5.91 Å². The maximum atomic E-state index is 12.3. The molecule has 0 bridgehead atoms. The molecule has 1 aliphatic rings. The number of hydrogen-bond donors (Lipinski definition) is 0. The third-order valence-electron chi connectivity index (χ3n) is 4.05. The summed E-state index contributed by atoms with van der Waals surface area (Å²) in [5.74, 6) is 0.977. The van der Waals surface area contributed by atoms with Crippen molar-refractivity contribution < 1.29 is 9.32 Å². The van der Waals surface area contributed by atoms with Crippen molar-refractivity contribution in [2.24, 2.45) is 0 Å². The minimum atomic E-state index is 0.171. The summed E-state index contributed by atoms with van der Waals surface area (Å²) in [6, 6.07) is 0.197. The average molecular weight is 289 g/mol. The fourth-order valence-corrected chi connectivity index (χ4v) is 2.82. The van der Waals surface area contributed by atoms with Gasteiger partial charge in [-0.25, -0.2) is 0 Å². The topological polar surface area (TPSA) is 77.0 Å². The van der Waals surface area contributed by atoms with Crippen molar-refractivity contribution in [1.29, 1.82) is 0 Å². The van der Waals surface area contributed by atoms with Crippen LogP contribution in [0.4, 0.5) is 0 Å². The lowest BCUT2D eigenvalue weighted by Crippen LogP contribution is -2.29. The van der Waals surface area contributed by atoms with E-state index in [-0.39, 0.29) is 11.9 Å². The van der Waals surface area contributed by atoms with Crippen molar-refractivity contribution in [2.45, 2.75) is 39.2 Å². The molecule has 0 radical (unpaired) electrons. The number of nitrogens with zero attached hydrogens (tertiary/aromatic N) is 5. The van der Waals surface area contributed by atoms with Gasteiger partial charge in [-0.15, -0.1) is 0 Å². The van der Waals surface area contributed by atoms with Crippen LogP contribution in [0.1, 0.15) is 35.9 Å². The first-order valence-electron chi connectivity index (χ1n) is 7.20. The molecule has 2 aromatic rings. The van der Waals surface area contributed by atoms with Gasteiger partial charge in [0.15, 0.2) is 0 Å². The second-order valence-electron chi connectivity index (χ2n) is 5.43. The zero-order valence-electron chi connectivity index (χ0n) is 12.3. The maximum Gasteiger partial charge on any atom is 0.222 e. The highest BCUT2D eigenvalue weighted by Crippen LogP contribution is 2.21. The summed E-state index contributed by atoms with van der Waals surface area (Å²) < 4.78 is 5.12. The summed E-state index contributed by atoms with van der Waals surface area (Å²) in [4.78, 5) is 15.9. The highest BCUT2D eigenvalue weighted by atomic mass is 16.5. The van der Waals surface area contributed by atoms with Crippen LogP contribution < -0.4 is 0 Å². The number of amides is 1. The zero-order chi connectivity index (χ0) is 14.8. The second kappa shape index (κ2) is 5.67. The van der Waals surface area contributed by atoms with E-state index < -0.39 is 0 Å². The van der Waals surface area contributed by atoms with E-state index in [0.717, 1.165) is 30.0 Å². The first-order valence-corrected chi connectivity index (χ1v) is 7.20. The van der Waals surface area contributed by atoms with Crippen molar-refractivity contribution in [3.05, 3.63) is 29.4 Å². The van der Waals surface area contributed by atoms with Crippen LogP contribution in [0.5, 0.6) is 0 Å². The van der Waals surface area contributed by atoms with Crippen molar-refractivity contribution in [3.63, 3.8) is 0 Å². The molecule has 3 heterocycles. The standard InChI is InChI=1S/C14H19N5O2/c1-10-13(11(2)21-17-10)3-4-14(20)18-8-5-12(9-18)19-15-6-7-16-19/h6-7,12H,3-5,8-9H2,1-2H3/t12-/m1/s1. The number of carbonyl (C=O) groups is 1. The summed E-state index contributed by atoms with van der Waals surface area (Å²) in [6.45, 7) is 5.25. The molecule has 7 nitrogen and oxygen atoms in total. The van der Waals surface area contributed by atoms with Gasteiger partial charge in [-0.2, -0.15) is 15.0 Å². The van der Waals surface area contributed by atoms with Gasteiger partial charge in [0.2, 0.25) is 5.91 Å². The summed E-state index contributed by atoms with van der Waals surface area (Å²) >= 11 is 0. The lowest BCUT2D eigenvalue weighted by molar-refractivity contribution is -0.130. The minimum absolute atomic E-state index is 0.171. The molecule has 1 amide bonds. The van der Waals surface area contributed by atoms with Gasteiger partial charge in [-0.1, -0.05) is 5.16 Å². The SMILES string of the molecule is Cc1noc(C)c1CCC(=O)N1CC[C@@H](n2nccn2)C1. The van der Waals surface area contributed by atoms with Crippen molar-refractivity contribution in [3.8, 4) is 0 Å². The number of rotatable bonds is 4. The Bertz CT molecular complexity index is 600. The van der Waals surface area contributed by atoms with Crippen LogP contribution in [0.15, 0.2) is 16.9 Å². The fourth-order valence-electron chi connectivity index (χ4n) is 2.82. The molecule has 0 aliphatic carbocycles. The van der Waals surface area contributed by atoms with Crippen LogP contribution >= 0.6 is 0 Å². The van der Waals surface area contributed by atoms with Crippen LogP contribution in [-0.4, -0.2) is 44.0 Å². The first-order chi connectivity index (χ1) is 10.1. The Hall–Kier alpha value is -2.18. The van der Waals surface area contributed by atoms with Gasteiger partial charge in [0, 0.05) is 25.1 Å². The van der Waals surface area contributed by atoms with E-state index in [1.54, 1.807) is 17.2 Å². The van der Waals surface area contributed by atoms with Crippen LogP contribution in [0.25, 0.3) is 0 Å². The monoisotopic (exact) mass is 289 g/mol. The molecule has 112 valence electrons. The lowest BCUT2D eigenvalue weighted by atomic mass is 10.1. The van der Waals surface area contributed by atoms with E-state index in [1.807, 2.05) is 18.7 Å². The zero-order valence-corrected chi connectivity index (χ0v) is 12.3. The largest absolute Gasteiger partial charge is 0.361 e. The smallest absolute Gasteiger partial charge is 0.222 e. The molecule has 0 unspecified atom stereocenters. The molecule has 1 saturated heterocycles. The van der Waals surface area contributed by atoms with Gasteiger partial charge in [0.05, 0.1) is 24.1 Å². The van der Waals surface area contributed by atoms with Crippen molar-refractivity contribution in [1.82, 2.24) is 25.1 Å². The first kappa shape index (κ1) is 13.8. The van der Waals surface area contributed by atoms with Gasteiger partial charge >= 0.3 is 0 Å². The molecule has 1 fully saturated rings. The van der Waals surface area contributed by atoms with E-state index in [1.165, 1.54) is 0 Å². The molecule has 0 saturated carbocycles. The third kappa shape index (κ3) is 2.81. The van der Waals surface area contributed by atoms with Crippen LogP contribution in [0, 0.1) is 13.8 Å². The summed E-state index contributed by atoms with van der Waals surface area (Å²) in [6.07, 6.45) is 5.42. The van der Waals surface area contributed by atoms with Gasteiger partial charge in [-0.3, -0.25) is 4.79 Å². The molecular weight excluding hydrogens is 270 g/mol. The molecule has 0 aromatic carbocycles. The molecule has 0 N–H and O–H groups in total. The number of carbonyl (C=O) groups excluding carboxylic acids is 1. The fraction of sp³-hybridized carbons (Fsp3) is 0.571. The Morgan fingerprint density at radius 1 is 1.38 bits per heavy atom. The highest BCUT2D eigenvalue weighted by molar-refractivity contribution is 5.76. The van der Waals surface area contributed by atoms with E-state index >= 15 is 0 Å². The minimum Gasteiger partial charge on any atom is -0.361 e. The molecule has 1 atom stereocenters. The maximum absolute atomic E-state index is 12.3. The summed E-state index contributed by atoms with van der Waals surface area (Å²) in [7, 11) is 0. The molecular formula is C14H19N5O2. The van der Waals surface area contributed by atoms with Crippen LogP contribution in [0.2, 0.25) is 0 Å². The van der Waals surface area contributed by atoms with Gasteiger partial charge < -0.3 is 9.42 Å². The van der Waals surface area contributed by atoms with Gasteiger partial charge in [-0.05, 0) is 26.7 Å². The quantitative estimate of drug-likeness (QED) is 0.847. The summed E-state index contributed by atoms with van der Waals surface area (Å²) in [5.41, 5.74) is 1.92. The predicted molar refractivity (Wildman–Crippen MR) is 74.6 cm³/mol. The van der Waals surface area contributed by atoms with E-state index in [0.29, 0.717) is 19.4 Å². The molecule has 3 rings (SSSR count).